The number of benzene rings is 1. The third kappa shape index (κ3) is 4.37. The first kappa shape index (κ1) is 20.5. The number of aliphatic imine (C=N–C) groups is 1. The number of nitrogens with one attached hydrogen (secondary N) is 2. The van der Waals surface area contributed by atoms with Crippen LogP contribution in [0.2, 0.25) is 0 Å². The van der Waals surface area contributed by atoms with E-state index >= 15 is 0 Å². The predicted molar refractivity (Wildman–Crippen MR) is 116 cm³/mol. The fourth-order valence-corrected chi connectivity index (χ4v) is 4.53. The Morgan fingerprint density at radius 2 is 2.00 bits per heavy atom. The SMILES string of the molecule is CCc1nncn1CCNC(=NC)NCC1(c2ccc3c(c2)OCO3)CCCCC1. The summed E-state index contributed by atoms with van der Waals surface area (Å²) in [6.45, 7) is 4.83. The maximum absolute atomic E-state index is 5.64. The molecule has 8 heteroatoms. The van der Waals surface area contributed by atoms with Crippen LogP contribution in [0.1, 0.15) is 50.4 Å². The van der Waals surface area contributed by atoms with Crippen LogP contribution in [-0.2, 0) is 18.4 Å². The van der Waals surface area contributed by atoms with E-state index in [1.807, 2.05) is 13.1 Å². The number of rotatable bonds is 7. The van der Waals surface area contributed by atoms with E-state index in [2.05, 4.69) is 49.4 Å². The first-order chi connectivity index (χ1) is 14.7. The van der Waals surface area contributed by atoms with Gasteiger partial charge in [-0.3, -0.25) is 4.99 Å². The lowest BCUT2D eigenvalue weighted by Gasteiger charge is -2.38. The van der Waals surface area contributed by atoms with Gasteiger partial charge in [-0.1, -0.05) is 32.3 Å². The molecule has 162 valence electrons. The molecule has 1 fully saturated rings. The Morgan fingerprint density at radius 3 is 2.80 bits per heavy atom. The van der Waals surface area contributed by atoms with Gasteiger partial charge in [-0.2, -0.15) is 0 Å². The molecule has 1 aliphatic heterocycles. The molecule has 0 saturated heterocycles. The summed E-state index contributed by atoms with van der Waals surface area (Å²) < 4.78 is 13.2. The van der Waals surface area contributed by atoms with E-state index in [-0.39, 0.29) is 5.41 Å². The number of hydrogen-bond acceptors (Lipinski definition) is 5. The fraction of sp³-hybridized carbons (Fsp3) is 0.591. The zero-order valence-electron chi connectivity index (χ0n) is 18.0. The average Bonchev–Trinajstić information content (AvgIpc) is 3.45. The zero-order valence-corrected chi connectivity index (χ0v) is 18.0. The summed E-state index contributed by atoms with van der Waals surface area (Å²) in [6.07, 6.45) is 8.79. The molecule has 0 radical (unpaired) electrons. The third-order valence-corrected chi connectivity index (χ3v) is 6.27. The van der Waals surface area contributed by atoms with Crippen molar-refractivity contribution >= 4 is 5.96 Å². The number of nitrogens with zero attached hydrogens (tertiary/aromatic N) is 4. The van der Waals surface area contributed by atoms with E-state index in [4.69, 9.17) is 9.47 Å². The Kier molecular flexibility index (Phi) is 6.40. The molecule has 0 atom stereocenters. The van der Waals surface area contributed by atoms with Gasteiger partial charge in [0, 0.05) is 38.5 Å². The predicted octanol–water partition coefficient (Wildman–Crippen LogP) is 2.64. The van der Waals surface area contributed by atoms with E-state index in [1.54, 1.807) is 6.33 Å². The summed E-state index contributed by atoms with van der Waals surface area (Å²) in [6, 6.07) is 6.42. The van der Waals surface area contributed by atoms with E-state index in [1.165, 1.54) is 24.8 Å². The number of guanidine groups is 1. The first-order valence-corrected chi connectivity index (χ1v) is 11.0. The van der Waals surface area contributed by atoms with Gasteiger partial charge in [0.25, 0.3) is 0 Å². The molecule has 1 aromatic carbocycles. The molecule has 30 heavy (non-hydrogen) atoms. The maximum Gasteiger partial charge on any atom is 0.231 e. The summed E-state index contributed by atoms with van der Waals surface area (Å²) >= 11 is 0. The van der Waals surface area contributed by atoms with Gasteiger partial charge in [-0.15, -0.1) is 10.2 Å². The van der Waals surface area contributed by atoms with Gasteiger partial charge in [0.15, 0.2) is 17.5 Å². The van der Waals surface area contributed by atoms with Crippen molar-refractivity contribution in [2.24, 2.45) is 4.99 Å². The van der Waals surface area contributed by atoms with Crippen molar-refractivity contribution in [3.8, 4) is 11.5 Å². The molecule has 4 rings (SSSR count). The molecule has 1 saturated carbocycles. The van der Waals surface area contributed by atoms with Gasteiger partial charge in [0.05, 0.1) is 0 Å². The van der Waals surface area contributed by atoms with Crippen LogP contribution in [0, 0.1) is 0 Å². The molecule has 0 bridgehead atoms. The van der Waals surface area contributed by atoms with Crippen LogP contribution in [-0.4, -0.2) is 47.7 Å². The summed E-state index contributed by atoms with van der Waals surface area (Å²) in [5.41, 5.74) is 1.41. The number of hydrogen-bond donors (Lipinski definition) is 2. The Labute approximate surface area is 178 Å². The highest BCUT2D eigenvalue weighted by molar-refractivity contribution is 5.79. The topological polar surface area (TPSA) is 85.6 Å². The molecule has 0 spiro atoms. The minimum absolute atomic E-state index is 0.0838. The van der Waals surface area contributed by atoms with Crippen molar-refractivity contribution in [3.05, 3.63) is 35.9 Å². The van der Waals surface area contributed by atoms with Crippen LogP contribution in [0.4, 0.5) is 0 Å². The van der Waals surface area contributed by atoms with Crippen LogP contribution in [0.3, 0.4) is 0 Å². The van der Waals surface area contributed by atoms with Gasteiger partial charge in [-0.05, 0) is 30.5 Å². The molecule has 0 unspecified atom stereocenters. The summed E-state index contributed by atoms with van der Waals surface area (Å²) in [5, 5.41) is 15.1. The molecule has 2 heterocycles. The van der Waals surface area contributed by atoms with E-state index in [0.29, 0.717) is 6.79 Å². The van der Waals surface area contributed by atoms with Crippen LogP contribution in [0.5, 0.6) is 11.5 Å². The second-order valence-electron chi connectivity index (χ2n) is 8.06. The number of ether oxygens (including phenoxy) is 2. The average molecular weight is 413 g/mol. The molecule has 2 aliphatic rings. The highest BCUT2D eigenvalue weighted by Crippen LogP contribution is 2.43. The quantitative estimate of drug-likeness (QED) is 0.537. The number of fused-ring (bicyclic) bond motifs is 1. The van der Waals surface area contributed by atoms with Crippen LogP contribution in [0.15, 0.2) is 29.5 Å². The second-order valence-corrected chi connectivity index (χ2v) is 8.06. The maximum atomic E-state index is 5.64. The van der Waals surface area contributed by atoms with Crippen molar-refractivity contribution in [1.82, 2.24) is 25.4 Å². The largest absolute Gasteiger partial charge is 0.454 e. The van der Waals surface area contributed by atoms with Crippen molar-refractivity contribution in [2.75, 3.05) is 26.9 Å². The van der Waals surface area contributed by atoms with Crippen molar-refractivity contribution < 1.29 is 9.47 Å². The highest BCUT2D eigenvalue weighted by Gasteiger charge is 2.35. The van der Waals surface area contributed by atoms with Gasteiger partial charge < -0.3 is 24.7 Å². The van der Waals surface area contributed by atoms with Gasteiger partial charge >= 0.3 is 0 Å². The van der Waals surface area contributed by atoms with Gasteiger partial charge in [0.1, 0.15) is 12.2 Å². The zero-order chi connectivity index (χ0) is 20.8. The molecular formula is C22H32N6O2. The monoisotopic (exact) mass is 412 g/mol. The van der Waals surface area contributed by atoms with E-state index in [9.17, 15) is 0 Å². The van der Waals surface area contributed by atoms with Crippen LogP contribution < -0.4 is 20.1 Å². The lowest BCUT2D eigenvalue weighted by molar-refractivity contribution is 0.174. The van der Waals surface area contributed by atoms with Gasteiger partial charge in [0.2, 0.25) is 6.79 Å². The molecule has 1 aromatic heterocycles. The van der Waals surface area contributed by atoms with Gasteiger partial charge in [-0.25, -0.2) is 0 Å². The molecule has 0 amide bonds. The first-order valence-electron chi connectivity index (χ1n) is 11.0. The lowest BCUT2D eigenvalue weighted by Crippen LogP contribution is -2.47. The smallest absolute Gasteiger partial charge is 0.231 e. The van der Waals surface area contributed by atoms with E-state index in [0.717, 1.165) is 62.2 Å². The number of aryl methyl sites for hydroxylation is 1. The minimum atomic E-state index is 0.0838. The lowest BCUT2D eigenvalue weighted by atomic mass is 9.69. The Balaban J connectivity index is 1.39. The minimum Gasteiger partial charge on any atom is -0.454 e. The van der Waals surface area contributed by atoms with Crippen molar-refractivity contribution in [2.45, 2.75) is 57.4 Å². The standard InChI is InChI=1S/C22H32N6O2/c1-3-20-27-26-15-28(20)12-11-24-21(23-2)25-14-22(9-5-4-6-10-22)17-7-8-18-19(13-17)30-16-29-18/h7-8,13,15H,3-6,9-12,14,16H2,1-2H3,(H2,23,24,25). The fourth-order valence-electron chi connectivity index (χ4n) is 4.53. The molecular weight excluding hydrogens is 380 g/mol. The van der Waals surface area contributed by atoms with Crippen molar-refractivity contribution in [3.63, 3.8) is 0 Å². The summed E-state index contributed by atoms with van der Waals surface area (Å²) in [5.74, 6) is 3.53. The van der Waals surface area contributed by atoms with Crippen molar-refractivity contribution in [1.29, 1.82) is 0 Å². The summed E-state index contributed by atoms with van der Waals surface area (Å²) in [7, 11) is 1.82. The van der Waals surface area contributed by atoms with E-state index < -0.39 is 0 Å². The molecule has 2 N–H and O–H groups in total. The third-order valence-electron chi connectivity index (χ3n) is 6.27. The summed E-state index contributed by atoms with van der Waals surface area (Å²) in [4.78, 5) is 4.43. The molecule has 8 nitrogen and oxygen atoms in total. The van der Waals surface area contributed by atoms with Crippen LogP contribution >= 0.6 is 0 Å². The highest BCUT2D eigenvalue weighted by atomic mass is 16.7. The normalized spacial score (nSPS) is 17.7. The molecule has 1 aliphatic carbocycles. The number of aromatic nitrogens is 3. The Bertz CT molecular complexity index is 872. The second kappa shape index (κ2) is 9.36. The Hall–Kier alpha value is -2.77. The molecule has 2 aromatic rings. The Morgan fingerprint density at radius 1 is 1.17 bits per heavy atom. The van der Waals surface area contributed by atoms with Crippen LogP contribution in [0.25, 0.3) is 0 Å².